The number of amides is 4. The van der Waals surface area contributed by atoms with E-state index >= 15 is 0 Å². The molecular weight excluding hydrogens is 823 g/mol. The Labute approximate surface area is 379 Å². The van der Waals surface area contributed by atoms with E-state index in [1.165, 1.54) is 62.2 Å². The van der Waals surface area contributed by atoms with Gasteiger partial charge in [0.25, 0.3) is 0 Å². The number of ether oxygens (including phenoxy) is 2. The van der Waals surface area contributed by atoms with Crippen LogP contribution in [-0.4, -0.2) is 98.6 Å². The number of methoxy groups -OCH3 is 2. The lowest BCUT2D eigenvalue weighted by molar-refractivity contribution is -0.138. The molecule has 342 valence electrons. The number of hydrogen-bond acceptors (Lipinski definition) is 9. The van der Waals surface area contributed by atoms with Crippen LogP contribution in [0.15, 0.2) is 54.9 Å². The quantitative estimate of drug-likeness (QED) is 0.0950. The number of carbonyl (C=O) groups is 4. The highest BCUT2D eigenvalue weighted by Crippen LogP contribution is 2.55. The lowest BCUT2D eigenvalue weighted by Gasteiger charge is -2.41. The van der Waals surface area contributed by atoms with E-state index in [9.17, 15) is 19.2 Å². The highest BCUT2D eigenvalue weighted by atomic mass is 16.5. The second-order valence-electron chi connectivity index (χ2n) is 19.0. The summed E-state index contributed by atoms with van der Waals surface area (Å²) < 4.78 is 9.57. The Balaban J connectivity index is 0.954. The number of aromatic amines is 2. The van der Waals surface area contributed by atoms with Gasteiger partial charge in [0.15, 0.2) is 0 Å². The SMILES string of the molecule is COC(=O)NC[C@H](C(=O)N1CCC[C@H]1c1ncc(-c2ccc(-c3ccc(-c4ccc5nc([C@@H]6CCCN6C(=O)[C@@H](NC(=O)OC)C(C)C)[nH]c5c4)c4c3C3CCC4CC3)nc2)[nH]1)C(C)C. The zero-order valence-electron chi connectivity index (χ0n) is 38.3. The Hall–Kier alpha value is -6.25. The van der Waals surface area contributed by atoms with Gasteiger partial charge in [0.2, 0.25) is 11.8 Å². The van der Waals surface area contributed by atoms with Gasteiger partial charge in [0.1, 0.15) is 17.7 Å². The van der Waals surface area contributed by atoms with Crippen LogP contribution < -0.4 is 10.6 Å². The Morgan fingerprint density at radius 2 is 1.35 bits per heavy atom. The van der Waals surface area contributed by atoms with E-state index in [0.29, 0.717) is 24.9 Å². The van der Waals surface area contributed by atoms with Crippen LogP contribution in [0.2, 0.25) is 0 Å². The largest absolute Gasteiger partial charge is 0.453 e. The van der Waals surface area contributed by atoms with Crippen LogP contribution >= 0.6 is 0 Å². The Morgan fingerprint density at radius 3 is 2.00 bits per heavy atom. The van der Waals surface area contributed by atoms with Crippen molar-refractivity contribution in [3.8, 4) is 33.6 Å². The minimum Gasteiger partial charge on any atom is -0.453 e. The molecule has 2 saturated heterocycles. The normalized spacial score (nSPS) is 21.2. The molecule has 0 spiro atoms. The summed E-state index contributed by atoms with van der Waals surface area (Å²) in [6.45, 7) is 9.29. The summed E-state index contributed by atoms with van der Waals surface area (Å²) in [5.74, 6) is 1.91. The third-order valence-corrected chi connectivity index (χ3v) is 14.5. The number of H-pyrrole nitrogens is 2. The number of carbonyl (C=O) groups excluding carboxylic acids is 4. The molecule has 2 bridgehead atoms. The number of benzene rings is 2. The smallest absolute Gasteiger partial charge is 0.407 e. The fraction of sp³-hybridized carbons (Fsp3) is 0.500. The average molecular weight is 884 g/mol. The number of rotatable bonds is 12. The molecule has 3 aromatic heterocycles. The maximum atomic E-state index is 13.8. The molecule has 5 aromatic rings. The monoisotopic (exact) mass is 883 g/mol. The predicted molar refractivity (Wildman–Crippen MR) is 247 cm³/mol. The van der Waals surface area contributed by atoms with Crippen LogP contribution in [-0.2, 0) is 19.1 Å². The van der Waals surface area contributed by atoms with E-state index in [-0.39, 0.29) is 48.2 Å². The average Bonchev–Trinajstić information content (AvgIpc) is 4.17. The van der Waals surface area contributed by atoms with E-state index < -0.39 is 18.2 Å². The number of nitrogens with one attached hydrogen (secondary N) is 4. The van der Waals surface area contributed by atoms with E-state index in [1.54, 1.807) is 0 Å². The first-order chi connectivity index (χ1) is 31.4. The Morgan fingerprint density at radius 1 is 0.708 bits per heavy atom. The predicted octanol–water partition coefficient (Wildman–Crippen LogP) is 8.77. The van der Waals surface area contributed by atoms with Crippen molar-refractivity contribution < 1.29 is 28.7 Å². The van der Waals surface area contributed by atoms with Gasteiger partial charge in [0.05, 0.1) is 60.8 Å². The summed E-state index contributed by atoms with van der Waals surface area (Å²) in [5, 5.41) is 5.46. The van der Waals surface area contributed by atoms with Gasteiger partial charge >= 0.3 is 12.2 Å². The molecule has 1 saturated carbocycles. The highest BCUT2D eigenvalue weighted by molar-refractivity contribution is 5.88. The molecule has 5 aliphatic rings. The maximum absolute atomic E-state index is 13.8. The summed E-state index contributed by atoms with van der Waals surface area (Å²) in [6.07, 6.45) is 10.6. The third kappa shape index (κ3) is 8.45. The molecule has 15 heteroatoms. The lowest BCUT2D eigenvalue weighted by atomic mass is 9.64. The number of fused-ring (bicyclic) bond motifs is 3. The molecule has 3 aliphatic carbocycles. The topological polar surface area (TPSA) is 188 Å². The minimum atomic E-state index is -0.691. The van der Waals surface area contributed by atoms with Gasteiger partial charge in [-0.1, -0.05) is 45.9 Å². The molecule has 2 aliphatic heterocycles. The van der Waals surface area contributed by atoms with Gasteiger partial charge in [-0.25, -0.2) is 19.6 Å². The fourth-order valence-electron chi connectivity index (χ4n) is 11.0. The van der Waals surface area contributed by atoms with E-state index in [1.807, 2.05) is 49.9 Å². The standard InChI is InChI=1S/C50H61N9O6/c1-27(2)35(25-53-49(62)64-5)47(60)58-21-7-9-40(58)45-52-26-39(56-45)32-16-19-36(51-24-32)34-18-17-33(42-29-11-13-30(14-12-29)43(34)42)31-15-20-37-38(23-31)55-46(54-37)41-10-8-22-59(41)48(61)44(28(3)4)57-50(63)65-6/h15-20,23-24,26-30,35,40-41,44H,7-14,21-22,25H2,1-6H3,(H,52,56)(H,53,62)(H,54,55)(H,57,63)/t29?,30?,35-,40-,41-,44-/m0/s1. The number of aromatic nitrogens is 5. The van der Waals surface area contributed by atoms with Crippen LogP contribution in [0.4, 0.5) is 9.59 Å². The minimum absolute atomic E-state index is 0.00998. The lowest BCUT2D eigenvalue weighted by Crippen LogP contribution is -2.51. The summed E-state index contributed by atoms with van der Waals surface area (Å²) in [4.78, 5) is 77.3. The van der Waals surface area contributed by atoms with Crippen LogP contribution in [0.1, 0.15) is 126 Å². The molecule has 0 unspecified atom stereocenters. The number of likely N-dealkylation sites (tertiary alicyclic amines) is 2. The third-order valence-electron chi connectivity index (χ3n) is 14.5. The number of alkyl carbamates (subject to hydrolysis) is 2. The van der Waals surface area contributed by atoms with E-state index in [0.717, 1.165) is 70.9 Å². The van der Waals surface area contributed by atoms with Crippen LogP contribution in [0.5, 0.6) is 0 Å². The zero-order chi connectivity index (χ0) is 45.5. The summed E-state index contributed by atoms with van der Waals surface area (Å²) in [5.41, 5.74) is 11.0. The van der Waals surface area contributed by atoms with Crippen LogP contribution in [0.25, 0.3) is 44.7 Å². The van der Waals surface area contributed by atoms with E-state index in [2.05, 4.69) is 63.1 Å². The van der Waals surface area contributed by atoms with Crippen molar-refractivity contribution >= 4 is 35.0 Å². The Bertz CT molecular complexity index is 2570. The molecule has 4 amide bonds. The number of pyridine rings is 1. The molecule has 10 rings (SSSR count). The Kier molecular flexibility index (Phi) is 12.4. The first kappa shape index (κ1) is 44.0. The molecule has 3 fully saturated rings. The summed E-state index contributed by atoms with van der Waals surface area (Å²) in [6, 6.07) is 14.1. The van der Waals surface area contributed by atoms with Gasteiger partial charge in [-0.15, -0.1) is 0 Å². The van der Waals surface area contributed by atoms with E-state index in [4.69, 9.17) is 24.4 Å². The van der Waals surface area contributed by atoms with Gasteiger partial charge in [-0.2, -0.15) is 0 Å². The van der Waals surface area contributed by atoms with Gasteiger partial charge in [0, 0.05) is 37.0 Å². The van der Waals surface area contributed by atoms with Crippen molar-refractivity contribution in [1.29, 1.82) is 0 Å². The molecule has 0 radical (unpaired) electrons. The molecule has 15 nitrogen and oxygen atoms in total. The van der Waals surface area contributed by atoms with Crippen molar-refractivity contribution in [2.24, 2.45) is 17.8 Å². The number of imidazole rings is 2. The second kappa shape index (κ2) is 18.3. The van der Waals surface area contributed by atoms with Crippen molar-refractivity contribution in [1.82, 2.24) is 45.4 Å². The number of hydrogen-bond donors (Lipinski definition) is 4. The van der Waals surface area contributed by atoms with Crippen molar-refractivity contribution in [2.45, 2.75) is 109 Å². The van der Waals surface area contributed by atoms with Crippen molar-refractivity contribution in [2.75, 3.05) is 33.9 Å². The molecule has 4 atom stereocenters. The molecule has 2 aromatic carbocycles. The first-order valence-corrected chi connectivity index (χ1v) is 23.4. The molecule has 4 N–H and O–H groups in total. The molecule has 5 heterocycles. The first-order valence-electron chi connectivity index (χ1n) is 23.4. The van der Waals surface area contributed by atoms with Gasteiger partial charge in [-0.3, -0.25) is 14.6 Å². The van der Waals surface area contributed by atoms with Crippen LogP contribution in [0, 0.1) is 17.8 Å². The molecular formula is C50H61N9O6. The highest BCUT2D eigenvalue weighted by Gasteiger charge is 2.40. The van der Waals surface area contributed by atoms with Gasteiger partial charge < -0.3 is 39.9 Å². The fourth-order valence-corrected chi connectivity index (χ4v) is 11.0. The van der Waals surface area contributed by atoms with Crippen molar-refractivity contribution in [3.05, 3.63) is 77.6 Å². The zero-order valence-corrected chi connectivity index (χ0v) is 38.3. The van der Waals surface area contributed by atoms with Crippen LogP contribution in [0.3, 0.4) is 0 Å². The molecule has 65 heavy (non-hydrogen) atoms. The van der Waals surface area contributed by atoms with Gasteiger partial charge in [-0.05, 0) is 122 Å². The number of nitrogens with zero attached hydrogens (tertiary/aromatic N) is 5. The summed E-state index contributed by atoms with van der Waals surface area (Å²) >= 11 is 0. The van der Waals surface area contributed by atoms with Crippen molar-refractivity contribution in [3.63, 3.8) is 0 Å². The maximum Gasteiger partial charge on any atom is 0.407 e. The second-order valence-corrected chi connectivity index (χ2v) is 19.0. The summed E-state index contributed by atoms with van der Waals surface area (Å²) in [7, 11) is 2.63.